The molecule has 1 aliphatic rings. The minimum atomic E-state index is -3.09. The summed E-state index contributed by atoms with van der Waals surface area (Å²) < 4.78 is 29.0. The fourth-order valence-corrected chi connectivity index (χ4v) is 5.20. The quantitative estimate of drug-likeness (QED) is 0.842. The van der Waals surface area contributed by atoms with E-state index in [2.05, 4.69) is 0 Å². The lowest BCUT2D eigenvalue weighted by Gasteiger charge is -2.34. The second kappa shape index (κ2) is 6.24. The fraction of sp³-hybridized carbons (Fsp3) is 0.538. The van der Waals surface area contributed by atoms with E-state index in [1.807, 2.05) is 11.0 Å². The Morgan fingerprint density at radius 3 is 2.90 bits per heavy atom. The van der Waals surface area contributed by atoms with Crippen LogP contribution in [-0.4, -0.2) is 50.1 Å². The van der Waals surface area contributed by atoms with E-state index in [0.29, 0.717) is 18.0 Å². The Morgan fingerprint density at radius 1 is 1.50 bits per heavy atom. The van der Waals surface area contributed by atoms with Crippen molar-refractivity contribution in [1.82, 2.24) is 4.90 Å². The van der Waals surface area contributed by atoms with Crippen molar-refractivity contribution in [3.8, 4) is 5.75 Å². The molecule has 0 aromatic heterocycles. The fourth-order valence-electron chi connectivity index (χ4n) is 2.26. The van der Waals surface area contributed by atoms with Crippen LogP contribution >= 0.6 is 11.8 Å². The van der Waals surface area contributed by atoms with Crippen LogP contribution in [0.25, 0.3) is 0 Å². The molecule has 1 atom stereocenters. The van der Waals surface area contributed by atoms with Gasteiger partial charge in [0.05, 0.1) is 7.11 Å². The number of methoxy groups -OCH3 is 1. The molecule has 1 aliphatic heterocycles. The zero-order valence-electron chi connectivity index (χ0n) is 11.7. The number of hydrogen-bond acceptors (Lipinski definition) is 6. The van der Waals surface area contributed by atoms with Gasteiger partial charge in [0.2, 0.25) is 0 Å². The average molecular weight is 316 g/mol. The van der Waals surface area contributed by atoms with E-state index in [1.165, 1.54) is 6.26 Å². The zero-order chi connectivity index (χ0) is 14.8. The highest BCUT2D eigenvalue weighted by atomic mass is 32.2. The van der Waals surface area contributed by atoms with Gasteiger partial charge in [-0.3, -0.25) is 4.90 Å². The van der Waals surface area contributed by atoms with E-state index in [-0.39, 0.29) is 0 Å². The number of anilines is 1. The third-order valence-electron chi connectivity index (χ3n) is 3.41. The van der Waals surface area contributed by atoms with Crippen LogP contribution in [0.5, 0.6) is 5.75 Å². The number of ether oxygens (including phenoxy) is 1. The van der Waals surface area contributed by atoms with Crippen LogP contribution in [0.4, 0.5) is 5.69 Å². The molecule has 1 fully saturated rings. The lowest BCUT2D eigenvalue weighted by atomic mass is 10.1. The Kier molecular flexibility index (Phi) is 4.82. The number of rotatable bonds is 4. The molecular weight excluding hydrogens is 296 g/mol. The third-order valence-corrected chi connectivity index (χ3v) is 6.10. The second-order valence-corrected chi connectivity index (χ2v) is 8.25. The smallest absolute Gasteiger partial charge is 0.164 e. The Balaban J connectivity index is 2.23. The van der Waals surface area contributed by atoms with Gasteiger partial charge in [0.25, 0.3) is 0 Å². The molecule has 1 aromatic carbocycles. The predicted molar refractivity (Wildman–Crippen MR) is 83.8 cm³/mol. The SMILES string of the molecule is COc1ccc(N)c(CN2CCSCC2S(C)(=O)=O)c1. The highest BCUT2D eigenvalue weighted by molar-refractivity contribution is 8.00. The van der Waals surface area contributed by atoms with Crippen molar-refractivity contribution in [2.75, 3.05) is 37.1 Å². The van der Waals surface area contributed by atoms with Gasteiger partial charge in [0.15, 0.2) is 9.84 Å². The summed E-state index contributed by atoms with van der Waals surface area (Å²) in [4.78, 5) is 1.98. The number of hydrogen-bond donors (Lipinski definition) is 1. The molecule has 0 spiro atoms. The summed E-state index contributed by atoms with van der Waals surface area (Å²) in [5, 5.41) is -0.438. The topological polar surface area (TPSA) is 72.6 Å². The molecule has 2 rings (SSSR count). The maximum Gasteiger partial charge on any atom is 0.164 e. The van der Waals surface area contributed by atoms with Crippen molar-refractivity contribution in [1.29, 1.82) is 0 Å². The summed E-state index contributed by atoms with van der Waals surface area (Å²) in [6, 6.07) is 5.47. The van der Waals surface area contributed by atoms with Gasteiger partial charge in [0, 0.05) is 36.5 Å². The van der Waals surface area contributed by atoms with E-state index in [1.54, 1.807) is 31.0 Å². The number of benzene rings is 1. The first-order valence-electron chi connectivity index (χ1n) is 6.35. The van der Waals surface area contributed by atoms with Crippen LogP contribution < -0.4 is 10.5 Å². The maximum absolute atomic E-state index is 11.9. The molecule has 1 aromatic rings. The van der Waals surface area contributed by atoms with Gasteiger partial charge in [-0.05, 0) is 23.8 Å². The number of nitrogen functional groups attached to an aromatic ring is 1. The summed E-state index contributed by atoms with van der Waals surface area (Å²) in [5.74, 6) is 2.29. The van der Waals surface area contributed by atoms with Gasteiger partial charge in [-0.15, -0.1) is 0 Å². The number of nitrogens with zero attached hydrogens (tertiary/aromatic N) is 1. The molecule has 7 heteroatoms. The second-order valence-electron chi connectivity index (χ2n) is 4.89. The lowest BCUT2D eigenvalue weighted by molar-refractivity contribution is 0.262. The van der Waals surface area contributed by atoms with Crippen LogP contribution in [0.15, 0.2) is 18.2 Å². The van der Waals surface area contributed by atoms with Crippen LogP contribution in [0.1, 0.15) is 5.56 Å². The van der Waals surface area contributed by atoms with Gasteiger partial charge in [-0.2, -0.15) is 11.8 Å². The van der Waals surface area contributed by atoms with E-state index in [4.69, 9.17) is 10.5 Å². The van der Waals surface area contributed by atoms with Crippen molar-refractivity contribution in [2.24, 2.45) is 0 Å². The maximum atomic E-state index is 11.9. The van der Waals surface area contributed by atoms with Crippen molar-refractivity contribution in [3.63, 3.8) is 0 Å². The van der Waals surface area contributed by atoms with Crippen molar-refractivity contribution < 1.29 is 13.2 Å². The van der Waals surface area contributed by atoms with Crippen LogP contribution in [-0.2, 0) is 16.4 Å². The normalized spacial score (nSPS) is 20.8. The molecular formula is C13H20N2O3S2. The molecule has 1 heterocycles. The molecule has 0 radical (unpaired) electrons. The van der Waals surface area contributed by atoms with Gasteiger partial charge >= 0.3 is 0 Å². The molecule has 0 amide bonds. The van der Waals surface area contributed by atoms with Crippen LogP contribution in [0.2, 0.25) is 0 Å². The molecule has 0 aliphatic carbocycles. The van der Waals surface area contributed by atoms with E-state index in [0.717, 1.165) is 23.6 Å². The summed E-state index contributed by atoms with van der Waals surface area (Å²) in [6.45, 7) is 1.28. The monoisotopic (exact) mass is 316 g/mol. The summed E-state index contributed by atoms with van der Waals surface area (Å²) in [5.41, 5.74) is 7.55. The van der Waals surface area contributed by atoms with E-state index >= 15 is 0 Å². The van der Waals surface area contributed by atoms with Crippen LogP contribution in [0, 0.1) is 0 Å². The van der Waals surface area contributed by atoms with Gasteiger partial charge < -0.3 is 10.5 Å². The predicted octanol–water partition coefficient (Wildman–Crippen LogP) is 1.20. The minimum absolute atomic E-state index is 0.438. The molecule has 20 heavy (non-hydrogen) atoms. The van der Waals surface area contributed by atoms with Gasteiger partial charge in [-0.25, -0.2) is 8.42 Å². The first kappa shape index (κ1) is 15.5. The summed E-state index contributed by atoms with van der Waals surface area (Å²) in [6.07, 6.45) is 1.30. The molecule has 2 N–H and O–H groups in total. The van der Waals surface area contributed by atoms with Crippen LogP contribution in [0.3, 0.4) is 0 Å². The Bertz CT molecular complexity index is 575. The van der Waals surface area contributed by atoms with Crippen molar-refractivity contribution >= 4 is 27.3 Å². The van der Waals surface area contributed by atoms with E-state index in [9.17, 15) is 8.42 Å². The largest absolute Gasteiger partial charge is 0.497 e. The Hall–Kier alpha value is -0.920. The number of thioether (sulfide) groups is 1. The summed E-state index contributed by atoms with van der Waals surface area (Å²) in [7, 11) is -1.49. The Labute approximate surface area is 124 Å². The third kappa shape index (κ3) is 3.59. The highest BCUT2D eigenvalue weighted by Gasteiger charge is 2.31. The molecule has 5 nitrogen and oxygen atoms in total. The molecule has 1 unspecified atom stereocenters. The van der Waals surface area contributed by atoms with Gasteiger partial charge in [-0.1, -0.05) is 0 Å². The Morgan fingerprint density at radius 2 is 2.25 bits per heavy atom. The standard InChI is InChI=1S/C13H20N2O3S2/c1-18-11-3-4-12(14)10(7-11)8-15-5-6-19-9-13(15)20(2,16)17/h3-4,7,13H,5-6,8-9,14H2,1-2H3. The molecule has 0 bridgehead atoms. The number of sulfone groups is 1. The zero-order valence-corrected chi connectivity index (χ0v) is 13.3. The van der Waals surface area contributed by atoms with E-state index < -0.39 is 15.2 Å². The average Bonchev–Trinajstić information content (AvgIpc) is 2.41. The number of nitrogens with two attached hydrogens (primary N) is 1. The lowest BCUT2D eigenvalue weighted by Crippen LogP contribution is -2.46. The highest BCUT2D eigenvalue weighted by Crippen LogP contribution is 2.26. The first-order valence-corrected chi connectivity index (χ1v) is 9.46. The first-order chi connectivity index (χ1) is 9.41. The summed E-state index contributed by atoms with van der Waals surface area (Å²) >= 11 is 1.68. The molecule has 112 valence electrons. The van der Waals surface area contributed by atoms with Crippen molar-refractivity contribution in [2.45, 2.75) is 11.9 Å². The molecule has 0 saturated carbocycles. The van der Waals surface area contributed by atoms with Gasteiger partial charge in [0.1, 0.15) is 11.1 Å². The van der Waals surface area contributed by atoms with Crippen molar-refractivity contribution in [3.05, 3.63) is 23.8 Å². The molecule has 1 saturated heterocycles. The minimum Gasteiger partial charge on any atom is -0.497 e.